The quantitative estimate of drug-likeness (QED) is 0.374. The fourth-order valence-corrected chi connectivity index (χ4v) is 1.82. The minimum atomic E-state index is -0.945. The highest BCUT2D eigenvalue weighted by Gasteiger charge is 2.21. The number of benzene rings is 1. The van der Waals surface area contributed by atoms with E-state index in [1.54, 1.807) is 6.92 Å². The molecule has 8 heteroatoms. The summed E-state index contributed by atoms with van der Waals surface area (Å²) in [6, 6.07) is 2.09. The van der Waals surface area contributed by atoms with Crippen LogP contribution in [0, 0.1) is 10.1 Å². The fourth-order valence-electron chi connectivity index (χ4n) is 1.82. The predicted octanol–water partition coefficient (Wildman–Crippen LogP) is 1.35. The summed E-state index contributed by atoms with van der Waals surface area (Å²) in [5, 5.41) is 28.9. The Balaban J connectivity index is 2.99. The number of rotatable bonds is 8. The lowest BCUT2D eigenvalue weighted by atomic mass is 10.0. The summed E-state index contributed by atoms with van der Waals surface area (Å²) in [5.41, 5.74) is 6.19. The largest absolute Gasteiger partial charge is 0.493 e. The third-order valence-corrected chi connectivity index (χ3v) is 2.86. The van der Waals surface area contributed by atoms with Crippen LogP contribution in [0.4, 0.5) is 5.69 Å². The summed E-state index contributed by atoms with van der Waals surface area (Å²) in [4.78, 5) is 20.9. The molecule has 0 amide bonds. The van der Waals surface area contributed by atoms with Crippen molar-refractivity contribution in [2.45, 2.75) is 32.4 Å². The van der Waals surface area contributed by atoms with Crippen molar-refractivity contribution in [3.8, 4) is 5.75 Å². The molecule has 0 aromatic heterocycles. The molecule has 0 fully saturated rings. The van der Waals surface area contributed by atoms with Crippen LogP contribution < -0.4 is 10.5 Å². The minimum absolute atomic E-state index is 0.0610. The summed E-state index contributed by atoms with van der Waals surface area (Å²) in [6.07, 6.45) is 0.206. The second kappa shape index (κ2) is 7.55. The summed E-state index contributed by atoms with van der Waals surface area (Å²) >= 11 is 0. The van der Waals surface area contributed by atoms with Crippen LogP contribution in [0.1, 0.15) is 36.9 Å². The molecular weight excluding hydrogens is 280 g/mol. The number of carboxylic acids is 1. The molecule has 116 valence electrons. The monoisotopic (exact) mass is 298 g/mol. The molecule has 21 heavy (non-hydrogen) atoms. The Morgan fingerprint density at radius 3 is 2.67 bits per heavy atom. The van der Waals surface area contributed by atoms with Crippen molar-refractivity contribution < 1.29 is 24.7 Å². The highest BCUT2D eigenvalue weighted by Crippen LogP contribution is 2.32. The molecule has 1 aromatic rings. The van der Waals surface area contributed by atoms with Gasteiger partial charge in [0.05, 0.1) is 24.2 Å². The second-order valence-corrected chi connectivity index (χ2v) is 4.57. The lowest BCUT2D eigenvalue weighted by Crippen LogP contribution is -2.10. The van der Waals surface area contributed by atoms with Crippen LogP contribution in [0.25, 0.3) is 0 Å². The summed E-state index contributed by atoms with van der Waals surface area (Å²) in [5.74, 6) is -0.779. The zero-order chi connectivity index (χ0) is 16.0. The van der Waals surface area contributed by atoms with Crippen LogP contribution >= 0.6 is 0 Å². The molecule has 0 bridgehead atoms. The first-order valence-electron chi connectivity index (χ1n) is 6.39. The number of ether oxygens (including phenoxy) is 1. The number of nitrogens with zero attached hydrogens (tertiary/aromatic N) is 1. The van der Waals surface area contributed by atoms with Gasteiger partial charge in [-0.3, -0.25) is 14.9 Å². The van der Waals surface area contributed by atoms with Crippen LogP contribution in [0.2, 0.25) is 0 Å². The van der Waals surface area contributed by atoms with Gasteiger partial charge in [-0.1, -0.05) is 0 Å². The molecule has 1 aromatic carbocycles. The van der Waals surface area contributed by atoms with Gasteiger partial charge < -0.3 is 20.7 Å². The van der Waals surface area contributed by atoms with Crippen molar-refractivity contribution in [3.63, 3.8) is 0 Å². The van der Waals surface area contributed by atoms with E-state index in [9.17, 15) is 20.0 Å². The van der Waals surface area contributed by atoms with Gasteiger partial charge >= 0.3 is 5.97 Å². The van der Waals surface area contributed by atoms with Gasteiger partial charge in [0.25, 0.3) is 5.69 Å². The van der Waals surface area contributed by atoms with Gasteiger partial charge in [0, 0.05) is 23.6 Å². The van der Waals surface area contributed by atoms with E-state index < -0.39 is 16.9 Å². The summed E-state index contributed by atoms with van der Waals surface area (Å²) < 4.78 is 5.34. The van der Waals surface area contributed by atoms with E-state index in [4.69, 9.17) is 15.6 Å². The average molecular weight is 298 g/mol. The van der Waals surface area contributed by atoms with Crippen LogP contribution in [-0.2, 0) is 11.4 Å². The van der Waals surface area contributed by atoms with Crippen LogP contribution in [0.15, 0.2) is 12.1 Å². The number of aliphatic hydroxyl groups is 1. The molecule has 8 nitrogen and oxygen atoms in total. The molecule has 0 spiro atoms. The van der Waals surface area contributed by atoms with E-state index in [-0.39, 0.29) is 37.5 Å². The van der Waals surface area contributed by atoms with Crippen molar-refractivity contribution in [3.05, 3.63) is 33.4 Å². The number of hydrogen-bond acceptors (Lipinski definition) is 6. The number of carboxylic acid groups (broad SMARTS) is 1. The van der Waals surface area contributed by atoms with Crippen molar-refractivity contribution in [2.75, 3.05) is 6.61 Å². The highest BCUT2D eigenvalue weighted by molar-refractivity contribution is 5.66. The topological polar surface area (TPSA) is 136 Å². The smallest absolute Gasteiger partial charge is 0.303 e. The van der Waals surface area contributed by atoms with E-state index >= 15 is 0 Å². The highest BCUT2D eigenvalue weighted by atomic mass is 16.6. The molecular formula is C13H18N2O6. The Morgan fingerprint density at radius 2 is 2.19 bits per heavy atom. The first-order chi connectivity index (χ1) is 9.86. The molecule has 0 aliphatic carbocycles. The van der Waals surface area contributed by atoms with E-state index in [1.807, 2.05) is 0 Å². The second-order valence-electron chi connectivity index (χ2n) is 4.57. The number of nitro groups is 1. The number of nitro benzene ring substituents is 1. The Kier molecular flexibility index (Phi) is 6.07. The SMILES string of the molecule is CC(N)c1cc(CO)c(OCCCC(=O)O)cc1[N+](=O)[O-]. The maximum atomic E-state index is 11.1. The molecule has 1 atom stereocenters. The van der Waals surface area contributed by atoms with Crippen molar-refractivity contribution in [1.29, 1.82) is 0 Å². The van der Waals surface area contributed by atoms with Gasteiger partial charge in [0.15, 0.2) is 0 Å². The van der Waals surface area contributed by atoms with Gasteiger partial charge in [-0.15, -0.1) is 0 Å². The van der Waals surface area contributed by atoms with Crippen LogP contribution in [0.5, 0.6) is 5.75 Å². The van der Waals surface area contributed by atoms with Gasteiger partial charge in [-0.05, 0) is 19.4 Å². The van der Waals surface area contributed by atoms with E-state index in [0.29, 0.717) is 11.1 Å². The predicted molar refractivity (Wildman–Crippen MR) is 74.0 cm³/mol. The standard InChI is InChI=1S/C13H18N2O6/c1-8(14)10-5-9(7-16)12(6-11(10)15(19)20)21-4-2-3-13(17)18/h5-6,8,16H,2-4,7,14H2,1H3,(H,17,18). The molecule has 0 heterocycles. The van der Waals surface area contributed by atoms with Gasteiger partial charge in [-0.2, -0.15) is 0 Å². The van der Waals surface area contributed by atoms with Crippen LogP contribution in [-0.4, -0.2) is 27.7 Å². The van der Waals surface area contributed by atoms with Crippen LogP contribution in [0.3, 0.4) is 0 Å². The summed E-state index contributed by atoms with van der Waals surface area (Å²) in [7, 11) is 0. The lowest BCUT2D eigenvalue weighted by Gasteiger charge is -2.14. The first kappa shape index (κ1) is 16.9. The molecule has 1 rings (SSSR count). The molecule has 0 aliphatic rings. The molecule has 0 aliphatic heterocycles. The fraction of sp³-hybridized carbons (Fsp3) is 0.462. The molecule has 0 saturated heterocycles. The number of nitrogens with two attached hydrogens (primary N) is 1. The molecule has 1 unspecified atom stereocenters. The lowest BCUT2D eigenvalue weighted by molar-refractivity contribution is -0.385. The Morgan fingerprint density at radius 1 is 1.52 bits per heavy atom. The van der Waals surface area contributed by atoms with E-state index in [1.165, 1.54) is 12.1 Å². The van der Waals surface area contributed by atoms with E-state index in [0.717, 1.165) is 0 Å². The zero-order valence-corrected chi connectivity index (χ0v) is 11.6. The number of hydrogen-bond donors (Lipinski definition) is 3. The Labute approximate surface area is 121 Å². The minimum Gasteiger partial charge on any atom is -0.493 e. The number of carbonyl (C=O) groups is 1. The van der Waals surface area contributed by atoms with Crippen molar-refractivity contribution >= 4 is 11.7 Å². The van der Waals surface area contributed by atoms with Crippen molar-refractivity contribution in [2.24, 2.45) is 5.73 Å². The first-order valence-corrected chi connectivity index (χ1v) is 6.39. The molecule has 4 N–H and O–H groups in total. The third kappa shape index (κ3) is 4.69. The zero-order valence-electron chi connectivity index (χ0n) is 11.6. The molecule has 0 saturated carbocycles. The number of aliphatic carboxylic acids is 1. The van der Waals surface area contributed by atoms with Crippen molar-refractivity contribution in [1.82, 2.24) is 0 Å². The van der Waals surface area contributed by atoms with Gasteiger partial charge in [-0.25, -0.2) is 0 Å². The Bertz CT molecular complexity index is 530. The van der Waals surface area contributed by atoms with Gasteiger partial charge in [0.1, 0.15) is 5.75 Å². The average Bonchev–Trinajstić information content (AvgIpc) is 2.42. The van der Waals surface area contributed by atoms with E-state index in [2.05, 4.69) is 0 Å². The molecule has 0 radical (unpaired) electrons. The Hall–Kier alpha value is -2.19. The van der Waals surface area contributed by atoms with Gasteiger partial charge in [0.2, 0.25) is 0 Å². The summed E-state index contributed by atoms with van der Waals surface area (Å²) in [6.45, 7) is 1.34. The third-order valence-electron chi connectivity index (χ3n) is 2.86. The number of aliphatic hydroxyl groups excluding tert-OH is 1. The normalized spacial score (nSPS) is 12.0. The maximum Gasteiger partial charge on any atom is 0.303 e. The maximum absolute atomic E-state index is 11.1.